The number of hydrogen-bond acceptors (Lipinski definition) is 4. The van der Waals surface area contributed by atoms with E-state index in [1.165, 1.54) is 0 Å². The van der Waals surface area contributed by atoms with Crippen LogP contribution in [0, 0.1) is 6.92 Å². The van der Waals surface area contributed by atoms with Crippen LogP contribution in [0.15, 0.2) is 42.5 Å². The first-order valence-corrected chi connectivity index (χ1v) is 9.89. The second-order valence-electron chi connectivity index (χ2n) is 7.32. The molecule has 0 aliphatic heterocycles. The Hall–Kier alpha value is -2.86. The van der Waals surface area contributed by atoms with Crippen LogP contribution < -0.4 is 15.4 Å². The Labute approximate surface area is 173 Å². The number of carbonyl (C=O) groups is 2. The zero-order chi connectivity index (χ0) is 21.4. The molecule has 2 rings (SSSR count). The minimum atomic E-state index is -0.163. The number of carbonyl (C=O) groups excluding carboxylic acids is 2. The van der Waals surface area contributed by atoms with E-state index < -0.39 is 0 Å². The molecule has 2 amide bonds. The van der Waals surface area contributed by atoms with Crippen LogP contribution >= 0.6 is 0 Å². The molecule has 6 nitrogen and oxygen atoms in total. The van der Waals surface area contributed by atoms with E-state index in [1.54, 1.807) is 31.4 Å². The maximum atomic E-state index is 12.6. The molecule has 0 saturated carbocycles. The van der Waals surface area contributed by atoms with Gasteiger partial charge in [-0.2, -0.15) is 0 Å². The topological polar surface area (TPSA) is 70.7 Å². The molecule has 0 fully saturated rings. The third-order valence-corrected chi connectivity index (χ3v) is 4.75. The van der Waals surface area contributed by atoms with Gasteiger partial charge in [0.15, 0.2) is 0 Å². The van der Waals surface area contributed by atoms with Crippen LogP contribution in [-0.2, 0) is 9.59 Å². The van der Waals surface area contributed by atoms with Crippen molar-refractivity contribution in [3.05, 3.63) is 53.6 Å². The van der Waals surface area contributed by atoms with Crippen molar-refractivity contribution < 1.29 is 14.3 Å². The Morgan fingerprint density at radius 3 is 2.17 bits per heavy atom. The number of nitrogens with zero attached hydrogens (tertiary/aromatic N) is 1. The summed E-state index contributed by atoms with van der Waals surface area (Å²) in [5, 5.41) is 5.88. The number of methoxy groups -OCH3 is 1. The van der Waals surface area contributed by atoms with Crippen molar-refractivity contribution in [1.29, 1.82) is 0 Å². The van der Waals surface area contributed by atoms with Crippen LogP contribution in [0.25, 0.3) is 0 Å². The Balaban J connectivity index is 1.95. The lowest BCUT2D eigenvalue weighted by atomic mass is 9.98. The highest BCUT2D eigenvalue weighted by Crippen LogP contribution is 2.27. The molecule has 0 atom stereocenters. The second kappa shape index (κ2) is 10.6. The molecule has 2 aromatic rings. The fourth-order valence-corrected chi connectivity index (χ4v) is 3.08. The van der Waals surface area contributed by atoms with E-state index in [2.05, 4.69) is 24.5 Å². The van der Waals surface area contributed by atoms with Crippen molar-refractivity contribution in [2.45, 2.75) is 33.6 Å². The molecule has 2 N–H and O–H groups in total. The molecule has 0 unspecified atom stereocenters. The van der Waals surface area contributed by atoms with Gasteiger partial charge in [0.2, 0.25) is 11.8 Å². The average Bonchev–Trinajstić information content (AvgIpc) is 2.69. The molecular formula is C23H31N3O3. The van der Waals surface area contributed by atoms with Crippen LogP contribution in [0.1, 0.15) is 37.8 Å². The van der Waals surface area contributed by atoms with Gasteiger partial charge >= 0.3 is 0 Å². The largest absolute Gasteiger partial charge is 0.497 e. The van der Waals surface area contributed by atoms with Gasteiger partial charge in [0.1, 0.15) is 5.75 Å². The summed E-state index contributed by atoms with van der Waals surface area (Å²) in [4.78, 5) is 26.8. The van der Waals surface area contributed by atoms with Crippen molar-refractivity contribution in [2.75, 3.05) is 37.4 Å². The molecule has 0 radical (unpaired) electrons. The van der Waals surface area contributed by atoms with Crippen LogP contribution in [0.5, 0.6) is 5.75 Å². The zero-order valence-electron chi connectivity index (χ0n) is 17.9. The fraction of sp³-hybridized carbons (Fsp3) is 0.391. The molecule has 0 saturated heterocycles. The van der Waals surface area contributed by atoms with Gasteiger partial charge in [0, 0.05) is 11.4 Å². The quantitative estimate of drug-likeness (QED) is 0.670. The molecule has 156 valence electrons. The van der Waals surface area contributed by atoms with E-state index in [-0.39, 0.29) is 24.9 Å². The molecule has 0 spiro atoms. The second-order valence-corrected chi connectivity index (χ2v) is 7.32. The number of benzene rings is 2. The van der Waals surface area contributed by atoms with E-state index in [0.29, 0.717) is 18.2 Å². The number of nitrogens with one attached hydrogen (secondary N) is 2. The van der Waals surface area contributed by atoms with E-state index in [0.717, 1.165) is 22.6 Å². The van der Waals surface area contributed by atoms with Gasteiger partial charge in [-0.1, -0.05) is 39.0 Å². The molecule has 2 aromatic carbocycles. The lowest BCUT2D eigenvalue weighted by molar-refractivity contribution is -0.119. The lowest BCUT2D eigenvalue weighted by Crippen LogP contribution is -2.38. The van der Waals surface area contributed by atoms with E-state index in [4.69, 9.17) is 4.74 Å². The van der Waals surface area contributed by atoms with Gasteiger partial charge in [-0.25, -0.2) is 0 Å². The standard InChI is InChI=1S/C23H31N3O3/c1-6-26(14-21(27)24-18-10-12-19(29-5)13-11-18)15-22(28)25-23-17(4)8-7-9-20(23)16(2)3/h7-13,16H,6,14-15H2,1-5H3,(H,24,27)(H,25,28). The highest BCUT2D eigenvalue weighted by molar-refractivity contribution is 5.95. The first-order chi connectivity index (χ1) is 13.8. The predicted octanol–water partition coefficient (Wildman–Crippen LogP) is 4.03. The van der Waals surface area contributed by atoms with Gasteiger partial charge in [-0.3, -0.25) is 14.5 Å². The summed E-state index contributed by atoms with van der Waals surface area (Å²) >= 11 is 0. The van der Waals surface area contributed by atoms with Crippen LogP contribution in [0.3, 0.4) is 0 Å². The van der Waals surface area contributed by atoms with Gasteiger partial charge in [-0.15, -0.1) is 0 Å². The molecule has 6 heteroatoms. The number of rotatable bonds is 9. The van der Waals surface area contributed by atoms with Crippen molar-refractivity contribution in [1.82, 2.24) is 4.90 Å². The van der Waals surface area contributed by atoms with Crippen LogP contribution in [0.2, 0.25) is 0 Å². The molecule has 0 aromatic heterocycles. The first-order valence-electron chi connectivity index (χ1n) is 9.89. The van der Waals surface area contributed by atoms with Crippen molar-refractivity contribution in [2.24, 2.45) is 0 Å². The number of para-hydroxylation sites is 1. The molecule has 0 aliphatic carbocycles. The summed E-state index contributed by atoms with van der Waals surface area (Å²) in [6.45, 7) is 9.01. The van der Waals surface area contributed by atoms with Gasteiger partial charge < -0.3 is 15.4 Å². The van der Waals surface area contributed by atoms with E-state index >= 15 is 0 Å². The number of anilines is 2. The minimum Gasteiger partial charge on any atom is -0.497 e. The Morgan fingerprint density at radius 1 is 1.00 bits per heavy atom. The van der Waals surface area contributed by atoms with Crippen LogP contribution in [0.4, 0.5) is 11.4 Å². The van der Waals surface area contributed by atoms with Crippen molar-refractivity contribution >= 4 is 23.2 Å². The van der Waals surface area contributed by atoms with Gasteiger partial charge in [0.25, 0.3) is 0 Å². The molecule has 0 bridgehead atoms. The average molecular weight is 398 g/mol. The third kappa shape index (κ3) is 6.61. The number of amides is 2. The Kier molecular flexibility index (Phi) is 8.21. The SMILES string of the molecule is CCN(CC(=O)Nc1ccc(OC)cc1)CC(=O)Nc1c(C)cccc1C(C)C. The van der Waals surface area contributed by atoms with Gasteiger partial charge in [-0.05, 0) is 54.8 Å². The molecule has 29 heavy (non-hydrogen) atoms. The monoisotopic (exact) mass is 397 g/mol. The summed E-state index contributed by atoms with van der Waals surface area (Å²) in [5.41, 5.74) is 3.70. The summed E-state index contributed by atoms with van der Waals surface area (Å²) < 4.78 is 5.11. The highest BCUT2D eigenvalue weighted by atomic mass is 16.5. The number of aryl methyl sites for hydroxylation is 1. The summed E-state index contributed by atoms with van der Waals surface area (Å²) in [7, 11) is 1.60. The first kappa shape index (κ1) is 22.4. The molecule has 0 aliphatic rings. The maximum absolute atomic E-state index is 12.6. The molecule has 0 heterocycles. The third-order valence-electron chi connectivity index (χ3n) is 4.75. The zero-order valence-corrected chi connectivity index (χ0v) is 17.9. The Bertz CT molecular complexity index is 832. The summed E-state index contributed by atoms with van der Waals surface area (Å²) in [6, 6.07) is 13.2. The van der Waals surface area contributed by atoms with Gasteiger partial charge in [0.05, 0.1) is 20.2 Å². The minimum absolute atomic E-state index is 0.125. The highest BCUT2D eigenvalue weighted by Gasteiger charge is 2.16. The van der Waals surface area contributed by atoms with Crippen molar-refractivity contribution in [3.8, 4) is 5.75 Å². The lowest BCUT2D eigenvalue weighted by Gasteiger charge is -2.21. The normalized spacial score (nSPS) is 10.9. The Morgan fingerprint density at radius 2 is 1.62 bits per heavy atom. The smallest absolute Gasteiger partial charge is 0.238 e. The van der Waals surface area contributed by atoms with Crippen molar-refractivity contribution in [3.63, 3.8) is 0 Å². The van der Waals surface area contributed by atoms with Crippen LogP contribution in [-0.4, -0.2) is 43.5 Å². The summed E-state index contributed by atoms with van der Waals surface area (Å²) in [5.74, 6) is 0.749. The number of hydrogen-bond donors (Lipinski definition) is 2. The number of likely N-dealkylation sites (N-methyl/N-ethyl adjacent to an activating group) is 1. The van der Waals surface area contributed by atoms with E-state index in [9.17, 15) is 9.59 Å². The van der Waals surface area contributed by atoms with E-state index in [1.807, 2.05) is 36.9 Å². The predicted molar refractivity (Wildman–Crippen MR) is 118 cm³/mol. The molecular weight excluding hydrogens is 366 g/mol. The maximum Gasteiger partial charge on any atom is 0.238 e. The fourth-order valence-electron chi connectivity index (χ4n) is 3.08. The number of ether oxygens (including phenoxy) is 1. The summed E-state index contributed by atoms with van der Waals surface area (Å²) in [6.07, 6.45) is 0.